The molecule has 0 aromatic heterocycles. The number of hydrogen-bond acceptors (Lipinski definition) is 3. The summed E-state index contributed by atoms with van der Waals surface area (Å²) in [5, 5.41) is 0.837. The predicted octanol–water partition coefficient (Wildman–Crippen LogP) is 4.04. The molecule has 2 heterocycles. The number of halogens is 2. The van der Waals surface area contributed by atoms with E-state index in [1.807, 2.05) is 17.0 Å². The van der Waals surface area contributed by atoms with Crippen LogP contribution in [0.25, 0.3) is 0 Å². The summed E-state index contributed by atoms with van der Waals surface area (Å²) in [4.78, 5) is 18.5. The third-order valence-electron chi connectivity index (χ3n) is 5.70. The molecule has 0 radical (unpaired) electrons. The summed E-state index contributed by atoms with van der Waals surface area (Å²) >= 11 is 6.33. The monoisotopic (exact) mass is 419 g/mol. The predicted molar refractivity (Wildman–Crippen MR) is 119 cm³/mol. The Kier molecular flexibility index (Phi) is 6.86. The lowest BCUT2D eigenvalue weighted by atomic mass is 10.1. The minimum atomic E-state index is 0. The Morgan fingerprint density at radius 3 is 2.46 bits per heavy atom. The number of benzene rings is 2. The second-order valence-corrected chi connectivity index (χ2v) is 7.82. The van der Waals surface area contributed by atoms with E-state index in [1.165, 1.54) is 11.1 Å². The van der Waals surface area contributed by atoms with Gasteiger partial charge in [-0.1, -0.05) is 35.9 Å². The van der Waals surface area contributed by atoms with Crippen molar-refractivity contribution >= 4 is 41.3 Å². The van der Waals surface area contributed by atoms with Crippen LogP contribution in [0.15, 0.2) is 42.5 Å². The van der Waals surface area contributed by atoms with Gasteiger partial charge in [-0.15, -0.1) is 12.4 Å². The van der Waals surface area contributed by atoms with Gasteiger partial charge in [-0.2, -0.15) is 0 Å². The molecule has 6 heteroatoms. The largest absolute Gasteiger partial charge is 0.368 e. The van der Waals surface area contributed by atoms with Crippen molar-refractivity contribution in [2.45, 2.75) is 19.8 Å². The van der Waals surface area contributed by atoms with Crippen LogP contribution in [0.1, 0.15) is 18.1 Å². The highest BCUT2D eigenvalue weighted by Crippen LogP contribution is 2.29. The first-order valence-corrected chi connectivity index (χ1v) is 10.1. The average molecular weight is 420 g/mol. The van der Waals surface area contributed by atoms with Crippen LogP contribution in [0.4, 0.5) is 11.4 Å². The first-order valence-electron chi connectivity index (χ1n) is 9.73. The van der Waals surface area contributed by atoms with Crippen molar-refractivity contribution in [2.75, 3.05) is 49.1 Å². The van der Waals surface area contributed by atoms with Gasteiger partial charge in [-0.25, -0.2) is 0 Å². The summed E-state index contributed by atoms with van der Waals surface area (Å²) in [7, 11) is 0. The highest BCUT2D eigenvalue weighted by Gasteiger charge is 2.22. The number of para-hydroxylation sites is 1. The van der Waals surface area contributed by atoms with E-state index in [2.05, 4.69) is 40.1 Å². The number of carbonyl (C=O) groups is 1. The number of carbonyl (C=O) groups excluding carboxylic acids is 1. The van der Waals surface area contributed by atoms with Crippen LogP contribution < -0.4 is 9.80 Å². The van der Waals surface area contributed by atoms with E-state index in [-0.39, 0.29) is 18.3 Å². The first kappa shape index (κ1) is 21.0. The van der Waals surface area contributed by atoms with Crippen molar-refractivity contribution in [3.63, 3.8) is 0 Å². The van der Waals surface area contributed by atoms with Gasteiger partial charge < -0.3 is 9.80 Å². The van der Waals surface area contributed by atoms with Gasteiger partial charge in [-0.05, 0) is 42.2 Å². The molecule has 150 valence electrons. The Labute approximate surface area is 178 Å². The maximum atomic E-state index is 11.7. The zero-order chi connectivity index (χ0) is 18.8. The molecule has 1 fully saturated rings. The zero-order valence-electron chi connectivity index (χ0n) is 16.2. The third kappa shape index (κ3) is 4.45. The fourth-order valence-electron chi connectivity index (χ4n) is 4.15. The number of hydrogen-bond donors (Lipinski definition) is 0. The normalized spacial score (nSPS) is 16.6. The van der Waals surface area contributed by atoms with Crippen LogP contribution >= 0.6 is 24.0 Å². The number of fused-ring (bicyclic) bond motifs is 1. The van der Waals surface area contributed by atoms with Crippen molar-refractivity contribution < 1.29 is 4.79 Å². The minimum Gasteiger partial charge on any atom is -0.368 e. The Hall–Kier alpha value is -1.75. The quantitative estimate of drug-likeness (QED) is 0.747. The molecular formula is C22H27Cl2N3O. The van der Waals surface area contributed by atoms with Crippen LogP contribution in [-0.4, -0.2) is 50.1 Å². The van der Waals surface area contributed by atoms with E-state index in [1.54, 1.807) is 6.92 Å². The molecule has 4 nitrogen and oxygen atoms in total. The highest BCUT2D eigenvalue weighted by molar-refractivity contribution is 6.33. The van der Waals surface area contributed by atoms with Crippen LogP contribution in [0, 0.1) is 0 Å². The molecule has 2 aliphatic heterocycles. The molecule has 1 saturated heterocycles. The Balaban J connectivity index is 0.00000225. The summed E-state index contributed by atoms with van der Waals surface area (Å²) in [6.07, 6.45) is 2.03. The van der Waals surface area contributed by atoms with Crippen LogP contribution in [0.2, 0.25) is 5.02 Å². The Morgan fingerprint density at radius 2 is 1.75 bits per heavy atom. The molecule has 0 spiro atoms. The molecule has 0 unspecified atom stereocenters. The molecule has 4 rings (SSSR count). The van der Waals surface area contributed by atoms with Gasteiger partial charge in [0.25, 0.3) is 0 Å². The van der Waals surface area contributed by atoms with E-state index < -0.39 is 0 Å². The summed E-state index contributed by atoms with van der Waals surface area (Å²) < 4.78 is 0. The van der Waals surface area contributed by atoms with Gasteiger partial charge in [-0.3, -0.25) is 9.69 Å². The van der Waals surface area contributed by atoms with Gasteiger partial charge in [0.05, 0.1) is 10.7 Å². The second-order valence-electron chi connectivity index (χ2n) is 7.41. The highest BCUT2D eigenvalue weighted by atomic mass is 35.5. The van der Waals surface area contributed by atoms with Gasteiger partial charge in [0.2, 0.25) is 5.91 Å². The summed E-state index contributed by atoms with van der Waals surface area (Å²) in [6, 6.07) is 14.7. The van der Waals surface area contributed by atoms with E-state index in [4.69, 9.17) is 11.6 Å². The van der Waals surface area contributed by atoms with Gasteiger partial charge in [0, 0.05) is 51.9 Å². The average Bonchev–Trinajstić information content (AvgIpc) is 3.11. The van der Waals surface area contributed by atoms with Crippen LogP contribution in [0.3, 0.4) is 0 Å². The van der Waals surface area contributed by atoms with Gasteiger partial charge in [0.15, 0.2) is 0 Å². The smallest absolute Gasteiger partial charge is 0.223 e. The number of amides is 1. The lowest BCUT2D eigenvalue weighted by Gasteiger charge is -2.36. The standard InChI is InChI=1S/C22H26ClN3O.ClH/c1-17(27)26-11-9-19-16-18(6-7-21(19)26)8-10-24-12-14-25(15-13-24)22-5-3-2-4-20(22)23;/h2-7,16H,8-15H2,1H3;1H. The van der Waals surface area contributed by atoms with Crippen molar-refractivity contribution in [3.05, 3.63) is 58.6 Å². The van der Waals surface area contributed by atoms with E-state index in [0.717, 1.165) is 68.5 Å². The van der Waals surface area contributed by atoms with Crippen LogP contribution in [0.5, 0.6) is 0 Å². The second kappa shape index (κ2) is 9.17. The Morgan fingerprint density at radius 1 is 1.00 bits per heavy atom. The Bertz CT molecular complexity index is 834. The molecule has 2 aromatic carbocycles. The molecular weight excluding hydrogens is 393 g/mol. The lowest BCUT2D eigenvalue weighted by Crippen LogP contribution is -2.47. The topological polar surface area (TPSA) is 26.8 Å². The molecule has 0 saturated carbocycles. The van der Waals surface area contributed by atoms with Gasteiger partial charge in [0.1, 0.15) is 0 Å². The lowest BCUT2D eigenvalue weighted by molar-refractivity contribution is -0.116. The summed E-state index contributed by atoms with van der Waals surface area (Å²) in [5.41, 5.74) is 4.92. The number of nitrogens with zero attached hydrogens (tertiary/aromatic N) is 3. The molecule has 1 amide bonds. The molecule has 2 aliphatic rings. The third-order valence-corrected chi connectivity index (χ3v) is 6.02. The van der Waals surface area contributed by atoms with Gasteiger partial charge >= 0.3 is 0 Å². The molecule has 0 bridgehead atoms. The summed E-state index contributed by atoms with van der Waals surface area (Å²) in [6.45, 7) is 7.69. The number of anilines is 2. The van der Waals surface area contributed by atoms with Crippen molar-refractivity contribution in [2.24, 2.45) is 0 Å². The zero-order valence-corrected chi connectivity index (χ0v) is 17.8. The minimum absolute atomic E-state index is 0. The maximum absolute atomic E-state index is 11.7. The fraction of sp³-hybridized carbons (Fsp3) is 0.409. The SMILES string of the molecule is CC(=O)N1CCc2cc(CCN3CCN(c4ccccc4Cl)CC3)ccc21.Cl. The molecule has 0 atom stereocenters. The molecule has 2 aromatic rings. The fourth-order valence-corrected chi connectivity index (χ4v) is 4.40. The van der Waals surface area contributed by atoms with Crippen molar-refractivity contribution in [1.29, 1.82) is 0 Å². The molecule has 0 N–H and O–H groups in total. The van der Waals surface area contributed by atoms with Crippen molar-refractivity contribution in [3.8, 4) is 0 Å². The van der Waals surface area contributed by atoms with E-state index in [9.17, 15) is 4.79 Å². The number of piperazine rings is 1. The molecule has 28 heavy (non-hydrogen) atoms. The van der Waals surface area contributed by atoms with Crippen LogP contribution in [-0.2, 0) is 17.6 Å². The first-order chi connectivity index (χ1) is 13.1. The van der Waals surface area contributed by atoms with E-state index >= 15 is 0 Å². The van der Waals surface area contributed by atoms with E-state index in [0.29, 0.717) is 0 Å². The van der Waals surface area contributed by atoms with Crippen molar-refractivity contribution in [1.82, 2.24) is 4.90 Å². The molecule has 0 aliphatic carbocycles. The number of rotatable bonds is 4. The summed E-state index contributed by atoms with van der Waals surface area (Å²) in [5.74, 6) is 0.137. The maximum Gasteiger partial charge on any atom is 0.223 e.